The third-order valence-corrected chi connectivity index (χ3v) is 3.73. The molecule has 0 aliphatic carbocycles. The highest BCUT2D eigenvalue weighted by Gasteiger charge is 2.18. The average molecular weight is 331 g/mol. The van der Waals surface area contributed by atoms with Crippen molar-refractivity contribution in [3.05, 3.63) is 65.5 Å². The van der Waals surface area contributed by atoms with Crippen LogP contribution < -0.4 is 15.0 Å². The van der Waals surface area contributed by atoms with Gasteiger partial charge >= 0.3 is 0 Å². The van der Waals surface area contributed by atoms with E-state index < -0.39 is 5.82 Å². The monoisotopic (exact) mass is 331 g/mol. The normalized spacial score (nSPS) is 12.0. The molecule has 0 radical (unpaired) electrons. The van der Waals surface area contributed by atoms with Gasteiger partial charge < -0.3 is 15.0 Å². The van der Waals surface area contributed by atoms with Crippen LogP contribution >= 0.6 is 0 Å². The van der Waals surface area contributed by atoms with Crippen LogP contribution in [-0.2, 0) is 11.2 Å². The Morgan fingerprint density at radius 2 is 1.92 bits per heavy atom. The van der Waals surface area contributed by atoms with E-state index in [-0.39, 0.29) is 24.1 Å². The number of nitrogens with one attached hydrogen (secondary N) is 2. The highest BCUT2D eigenvalue weighted by atomic mass is 19.1. The summed E-state index contributed by atoms with van der Waals surface area (Å²) in [6, 6.07) is 14.4. The van der Waals surface area contributed by atoms with Crippen LogP contribution in [0.25, 0.3) is 0 Å². The van der Waals surface area contributed by atoms with Crippen LogP contribution in [-0.4, -0.2) is 33.7 Å². The van der Waals surface area contributed by atoms with Crippen molar-refractivity contribution in [2.45, 2.75) is 12.5 Å². The third-order valence-electron chi connectivity index (χ3n) is 3.73. The molecule has 0 unspecified atom stereocenters. The summed E-state index contributed by atoms with van der Waals surface area (Å²) in [5.74, 6) is -0.410. The quantitative estimate of drug-likeness (QED) is 0.805. The van der Waals surface area contributed by atoms with Gasteiger partial charge in [-0.2, -0.15) is 0 Å². The zero-order valence-corrected chi connectivity index (χ0v) is 14.3. The van der Waals surface area contributed by atoms with Crippen LogP contribution in [0.15, 0.2) is 48.5 Å². The van der Waals surface area contributed by atoms with Gasteiger partial charge in [-0.15, -0.1) is 0 Å². The van der Waals surface area contributed by atoms with Crippen LogP contribution in [0.5, 0.6) is 5.75 Å². The smallest absolute Gasteiger partial charge is 0.225 e. The largest absolute Gasteiger partial charge is 0.494 e. The maximum atomic E-state index is 13.7. The Balaban J connectivity index is 2.06. The van der Waals surface area contributed by atoms with E-state index in [2.05, 4.69) is 5.32 Å². The molecule has 1 amide bonds. The number of carbonyl (C=O) groups is 1. The molecule has 0 spiro atoms. The summed E-state index contributed by atoms with van der Waals surface area (Å²) < 4.78 is 18.6. The van der Waals surface area contributed by atoms with Gasteiger partial charge in [-0.25, -0.2) is 4.39 Å². The maximum Gasteiger partial charge on any atom is 0.225 e. The molecule has 1 atom stereocenters. The van der Waals surface area contributed by atoms with E-state index in [1.807, 2.05) is 44.4 Å². The Labute approximate surface area is 142 Å². The number of rotatable bonds is 7. The fourth-order valence-electron chi connectivity index (χ4n) is 2.60. The van der Waals surface area contributed by atoms with Crippen LogP contribution in [0, 0.1) is 5.82 Å². The number of hydrogen-bond acceptors (Lipinski definition) is 2. The lowest BCUT2D eigenvalue weighted by atomic mass is 10.1. The Morgan fingerprint density at radius 3 is 2.50 bits per heavy atom. The summed E-state index contributed by atoms with van der Waals surface area (Å²) in [5.41, 5.74) is 1.68. The van der Waals surface area contributed by atoms with Crippen LogP contribution in [0.3, 0.4) is 0 Å². The van der Waals surface area contributed by atoms with Gasteiger partial charge in [0.25, 0.3) is 0 Å². The summed E-state index contributed by atoms with van der Waals surface area (Å²) in [7, 11) is 5.50. The molecule has 4 nitrogen and oxygen atoms in total. The molecule has 2 aromatic rings. The minimum absolute atomic E-state index is 0.0770. The predicted octanol–water partition coefficient (Wildman–Crippen LogP) is 1.38. The summed E-state index contributed by atoms with van der Waals surface area (Å²) in [6.45, 7) is 0.771. The van der Waals surface area contributed by atoms with Crippen molar-refractivity contribution in [1.29, 1.82) is 0 Å². The second-order valence-corrected chi connectivity index (χ2v) is 6.09. The van der Waals surface area contributed by atoms with Gasteiger partial charge in [0.05, 0.1) is 27.6 Å². The number of amides is 1. The fraction of sp³-hybridized carbons (Fsp3) is 0.316. The van der Waals surface area contributed by atoms with Gasteiger partial charge in [-0.3, -0.25) is 4.79 Å². The van der Waals surface area contributed by atoms with Crippen molar-refractivity contribution in [3.63, 3.8) is 0 Å². The highest BCUT2D eigenvalue weighted by molar-refractivity contribution is 5.79. The van der Waals surface area contributed by atoms with Crippen molar-refractivity contribution in [1.82, 2.24) is 5.32 Å². The van der Waals surface area contributed by atoms with Gasteiger partial charge in [0.1, 0.15) is 12.6 Å². The Hall–Kier alpha value is -2.40. The molecule has 5 heteroatoms. The van der Waals surface area contributed by atoms with Gasteiger partial charge in [0.2, 0.25) is 5.91 Å². The minimum Gasteiger partial charge on any atom is -0.494 e. The molecule has 0 saturated heterocycles. The first-order chi connectivity index (χ1) is 11.5. The van der Waals surface area contributed by atoms with Gasteiger partial charge in [-0.1, -0.05) is 36.4 Å². The van der Waals surface area contributed by atoms with Crippen molar-refractivity contribution in [3.8, 4) is 5.75 Å². The molecular formula is C19H24FN2O2+. The van der Waals surface area contributed by atoms with Crippen molar-refractivity contribution in [2.75, 3.05) is 27.7 Å². The average Bonchev–Trinajstić information content (AvgIpc) is 2.55. The number of quaternary nitrogens is 1. The lowest BCUT2D eigenvalue weighted by molar-refractivity contribution is -0.860. The van der Waals surface area contributed by atoms with Crippen LogP contribution in [0.2, 0.25) is 0 Å². The third kappa shape index (κ3) is 5.06. The van der Waals surface area contributed by atoms with Crippen molar-refractivity contribution >= 4 is 5.91 Å². The van der Waals surface area contributed by atoms with E-state index >= 15 is 0 Å². The number of halogens is 1. The predicted molar refractivity (Wildman–Crippen MR) is 91.7 cm³/mol. The molecular weight excluding hydrogens is 307 g/mol. The molecule has 0 saturated carbocycles. The second-order valence-electron chi connectivity index (χ2n) is 6.09. The van der Waals surface area contributed by atoms with Gasteiger partial charge in [0, 0.05) is 0 Å². The van der Waals surface area contributed by atoms with Gasteiger partial charge in [0.15, 0.2) is 11.6 Å². The van der Waals surface area contributed by atoms with E-state index in [0.717, 1.165) is 12.1 Å². The first-order valence-electron chi connectivity index (χ1n) is 7.95. The van der Waals surface area contributed by atoms with Crippen LogP contribution in [0.1, 0.15) is 17.2 Å². The Morgan fingerprint density at radius 1 is 1.21 bits per heavy atom. The number of hydrogen-bond donors (Lipinski definition) is 2. The van der Waals surface area contributed by atoms with Crippen molar-refractivity contribution in [2.24, 2.45) is 0 Å². The second kappa shape index (κ2) is 8.45. The molecule has 0 fully saturated rings. The first kappa shape index (κ1) is 17.9. The van der Waals surface area contributed by atoms with Crippen LogP contribution in [0.4, 0.5) is 4.39 Å². The Kier molecular flexibility index (Phi) is 6.32. The molecule has 0 heterocycles. The lowest BCUT2D eigenvalue weighted by Crippen LogP contribution is -3.06. The number of ether oxygens (including phenoxy) is 1. The standard InChI is InChI=1S/C19H23FN2O2/c1-22(2)13-17(15-7-5-4-6-8-15)21-19(23)12-14-9-10-18(24-3)16(20)11-14/h4-11,17H,12-13H2,1-3H3,(H,21,23)/p+1/t17-/m0/s1. The minimum atomic E-state index is -0.458. The highest BCUT2D eigenvalue weighted by Crippen LogP contribution is 2.18. The summed E-state index contributed by atoms with van der Waals surface area (Å²) in [4.78, 5) is 13.6. The number of benzene rings is 2. The zero-order valence-electron chi connectivity index (χ0n) is 14.3. The first-order valence-corrected chi connectivity index (χ1v) is 7.95. The number of carbonyl (C=O) groups excluding carboxylic acids is 1. The molecule has 2 aromatic carbocycles. The number of likely N-dealkylation sites (N-methyl/N-ethyl adjacent to an activating group) is 1. The number of methoxy groups -OCH3 is 1. The Bertz CT molecular complexity index is 674. The SMILES string of the molecule is COc1ccc(CC(=O)N[C@@H](C[NH+](C)C)c2ccccc2)cc1F. The molecule has 0 aromatic heterocycles. The topological polar surface area (TPSA) is 42.8 Å². The maximum absolute atomic E-state index is 13.7. The summed E-state index contributed by atoms with van der Waals surface area (Å²) >= 11 is 0. The van der Waals surface area contributed by atoms with Gasteiger partial charge in [-0.05, 0) is 23.3 Å². The molecule has 0 aliphatic rings. The van der Waals surface area contributed by atoms with E-state index in [9.17, 15) is 9.18 Å². The summed E-state index contributed by atoms with van der Waals surface area (Å²) in [6.07, 6.45) is 0.132. The molecule has 24 heavy (non-hydrogen) atoms. The van der Waals surface area contributed by atoms with E-state index in [0.29, 0.717) is 5.56 Å². The van der Waals surface area contributed by atoms with E-state index in [1.165, 1.54) is 24.1 Å². The molecule has 128 valence electrons. The molecule has 0 aliphatic heterocycles. The van der Waals surface area contributed by atoms with E-state index in [4.69, 9.17) is 4.74 Å². The zero-order chi connectivity index (χ0) is 17.5. The lowest BCUT2D eigenvalue weighted by Gasteiger charge is -2.21. The fourth-order valence-corrected chi connectivity index (χ4v) is 2.60. The summed E-state index contributed by atoms with van der Waals surface area (Å²) in [5, 5.41) is 3.05. The van der Waals surface area contributed by atoms with Crippen molar-refractivity contribution < 1.29 is 18.8 Å². The van der Waals surface area contributed by atoms with E-state index in [1.54, 1.807) is 6.07 Å². The molecule has 0 bridgehead atoms. The molecule has 2 N–H and O–H groups in total. The molecule has 2 rings (SSSR count).